The molecule has 0 aromatic carbocycles. The van der Waals surface area contributed by atoms with Crippen LogP contribution in [0.1, 0.15) is 19.3 Å². The van der Waals surface area contributed by atoms with Gasteiger partial charge in [-0.05, 0) is 24.3 Å². The summed E-state index contributed by atoms with van der Waals surface area (Å²) in [6.07, 6.45) is 2.27. The Kier molecular flexibility index (Phi) is 4.29. The third-order valence-electron chi connectivity index (χ3n) is 3.23. The molecule has 1 saturated carbocycles. The number of rotatable bonds is 6. The van der Waals surface area contributed by atoms with Crippen LogP contribution in [-0.2, 0) is 9.59 Å². The van der Waals surface area contributed by atoms with Gasteiger partial charge in [-0.15, -0.1) is 23.1 Å². The Hall–Kier alpha value is -1.01. The predicted molar refractivity (Wildman–Crippen MR) is 72.0 cm³/mol. The minimum Gasteiger partial charge on any atom is -0.481 e. The van der Waals surface area contributed by atoms with Gasteiger partial charge in [0, 0.05) is 6.54 Å². The standard InChI is InChI=1S/C12H15NO3S2/c14-9(7-18-10-3-1-6-17-10)13-8-12(11(15)16)4-2-5-12/h1,3,6H,2,4-5,7-8H2,(H,13,14)(H,15,16). The third-order valence-corrected chi connectivity index (χ3v) is 5.36. The number of nitrogens with one attached hydrogen (secondary N) is 1. The minimum atomic E-state index is -0.792. The van der Waals surface area contributed by atoms with Gasteiger partial charge in [0.15, 0.2) is 0 Å². The fourth-order valence-electron chi connectivity index (χ4n) is 1.87. The van der Waals surface area contributed by atoms with E-state index in [0.717, 1.165) is 10.6 Å². The first kappa shape index (κ1) is 13.4. The van der Waals surface area contributed by atoms with Gasteiger partial charge >= 0.3 is 5.97 Å². The molecule has 0 atom stereocenters. The van der Waals surface area contributed by atoms with Gasteiger partial charge in [0.05, 0.1) is 15.4 Å². The first-order valence-electron chi connectivity index (χ1n) is 5.79. The van der Waals surface area contributed by atoms with Crippen molar-refractivity contribution in [2.24, 2.45) is 5.41 Å². The quantitative estimate of drug-likeness (QED) is 0.786. The highest BCUT2D eigenvalue weighted by atomic mass is 32.2. The number of amides is 1. The van der Waals surface area contributed by atoms with Gasteiger partial charge in [0.1, 0.15) is 0 Å². The molecule has 0 unspecified atom stereocenters. The first-order valence-corrected chi connectivity index (χ1v) is 7.65. The molecular weight excluding hydrogens is 270 g/mol. The molecule has 0 aliphatic heterocycles. The number of hydrogen-bond donors (Lipinski definition) is 2. The minimum absolute atomic E-state index is 0.0964. The molecule has 18 heavy (non-hydrogen) atoms. The molecule has 1 fully saturated rings. The van der Waals surface area contributed by atoms with Gasteiger partial charge in [0.2, 0.25) is 5.91 Å². The summed E-state index contributed by atoms with van der Waals surface area (Å²) in [7, 11) is 0. The van der Waals surface area contributed by atoms with Crippen molar-refractivity contribution >= 4 is 35.0 Å². The molecule has 1 aliphatic rings. The molecule has 98 valence electrons. The van der Waals surface area contributed by atoms with Crippen LogP contribution in [-0.4, -0.2) is 29.3 Å². The Morgan fingerprint density at radius 1 is 1.50 bits per heavy atom. The van der Waals surface area contributed by atoms with Crippen molar-refractivity contribution in [3.63, 3.8) is 0 Å². The molecule has 6 heteroatoms. The van der Waals surface area contributed by atoms with Crippen molar-refractivity contribution in [3.05, 3.63) is 17.5 Å². The van der Waals surface area contributed by atoms with Gasteiger partial charge in [-0.3, -0.25) is 9.59 Å². The number of thiophene rings is 1. The van der Waals surface area contributed by atoms with E-state index in [1.807, 2.05) is 17.5 Å². The summed E-state index contributed by atoms with van der Waals surface area (Å²) in [4.78, 5) is 22.7. The lowest BCUT2D eigenvalue weighted by atomic mass is 9.69. The molecule has 1 aromatic heterocycles. The van der Waals surface area contributed by atoms with Crippen LogP contribution in [0.15, 0.2) is 21.7 Å². The average molecular weight is 285 g/mol. The summed E-state index contributed by atoms with van der Waals surface area (Å²) >= 11 is 3.08. The van der Waals surface area contributed by atoms with Crippen molar-refractivity contribution in [1.29, 1.82) is 0 Å². The lowest BCUT2D eigenvalue weighted by Gasteiger charge is -2.37. The molecule has 1 aromatic rings. The second kappa shape index (κ2) is 5.75. The highest BCUT2D eigenvalue weighted by Gasteiger charge is 2.44. The van der Waals surface area contributed by atoms with Crippen LogP contribution in [0.2, 0.25) is 0 Å². The summed E-state index contributed by atoms with van der Waals surface area (Å²) < 4.78 is 1.10. The number of carboxylic acids is 1. The van der Waals surface area contributed by atoms with Crippen LogP contribution in [0.5, 0.6) is 0 Å². The number of carbonyl (C=O) groups excluding carboxylic acids is 1. The molecule has 2 N–H and O–H groups in total. The second-order valence-electron chi connectivity index (χ2n) is 4.44. The maximum atomic E-state index is 11.6. The second-order valence-corrected chi connectivity index (χ2v) is 6.66. The maximum Gasteiger partial charge on any atom is 0.311 e. The van der Waals surface area contributed by atoms with Crippen LogP contribution in [0.25, 0.3) is 0 Å². The molecule has 2 rings (SSSR count). The molecule has 1 heterocycles. The van der Waals surface area contributed by atoms with E-state index in [1.54, 1.807) is 11.3 Å². The topological polar surface area (TPSA) is 66.4 Å². The van der Waals surface area contributed by atoms with Crippen LogP contribution in [0.3, 0.4) is 0 Å². The fourth-order valence-corrected chi connectivity index (χ4v) is 3.49. The van der Waals surface area contributed by atoms with Gasteiger partial charge in [-0.25, -0.2) is 0 Å². The molecule has 0 radical (unpaired) electrons. The number of thioether (sulfide) groups is 1. The highest BCUT2D eigenvalue weighted by Crippen LogP contribution is 2.40. The van der Waals surface area contributed by atoms with E-state index < -0.39 is 11.4 Å². The van der Waals surface area contributed by atoms with Crippen molar-refractivity contribution in [3.8, 4) is 0 Å². The normalized spacial score (nSPS) is 16.9. The molecule has 4 nitrogen and oxygen atoms in total. The zero-order valence-corrected chi connectivity index (χ0v) is 11.5. The molecule has 0 spiro atoms. The number of aliphatic carboxylic acids is 1. The van der Waals surface area contributed by atoms with Crippen LogP contribution >= 0.6 is 23.1 Å². The van der Waals surface area contributed by atoms with E-state index in [4.69, 9.17) is 5.11 Å². The van der Waals surface area contributed by atoms with E-state index in [0.29, 0.717) is 18.6 Å². The first-order chi connectivity index (χ1) is 8.62. The Bertz CT molecular complexity index is 427. The summed E-state index contributed by atoms with van der Waals surface area (Å²) in [6.45, 7) is 0.256. The molecule has 1 amide bonds. The Balaban J connectivity index is 1.73. The summed E-state index contributed by atoms with van der Waals surface area (Å²) in [5, 5.41) is 13.8. The zero-order valence-electron chi connectivity index (χ0n) is 9.85. The summed E-state index contributed by atoms with van der Waals surface area (Å²) in [6, 6.07) is 3.91. The van der Waals surface area contributed by atoms with E-state index in [-0.39, 0.29) is 12.5 Å². The van der Waals surface area contributed by atoms with Gasteiger partial charge < -0.3 is 10.4 Å². The van der Waals surface area contributed by atoms with E-state index >= 15 is 0 Å². The fraction of sp³-hybridized carbons (Fsp3) is 0.500. The third kappa shape index (κ3) is 3.05. The maximum absolute atomic E-state index is 11.6. The van der Waals surface area contributed by atoms with Crippen LogP contribution < -0.4 is 5.32 Å². The van der Waals surface area contributed by atoms with Gasteiger partial charge in [0.25, 0.3) is 0 Å². The van der Waals surface area contributed by atoms with Gasteiger partial charge in [-0.1, -0.05) is 12.5 Å². The van der Waals surface area contributed by atoms with Crippen molar-refractivity contribution in [2.45, 2.75) is 23.5 Å². The van der Waals surface area contributed by atoms with Crippen molar-refractivity contribution < 1.29 is 14.7 Å². The average Bonchev–Trinajstić information content (AvgIpc) is 2.77. The number of carboxylic acid groups (broad SMARTS) is 1. The van der Waals surface area contributed by atoms with E-state index in [9.17, 15) is 9.59 Å². The van der Waals surface area contributed by atoms with Gasteiger partial charge in [-0.2, -0.15) is 0 Å². The van der Waals surface area contributed by atoms with Crippen molar-refractivity contribution in [2.75, 3.05) is 12.3 Å². The van der Waals surface area contributed by atoms with E-state index in [1.165, 1.54) is 11.8 Å². The van der Waals surface area contributed by atoms with Crippen molar-refractivity contribution in [1.82, 2.24) is 5.32 Å². The number of carbonyl (C=O) groups is 2. The Labute approximate surface area is 114 Å². The van der Waals surface area contributed by atoms with E-state index in [2.05, 4.69) is 5.32 Å². The zero-order chi connectivity index (χ0) is 13.0. The largest absolute Gasteiger partial charge is 0.481 e. The van der Waals surface area contributed by atoms with Crippen LogP contribution in [0, 0.1) is 5.41 Å². The monoisotopic (exact) mass is 285 g/mol. The lowest BCUT2D eigenvalue weighted by Crippen LogP contribution is -2.47. The smallest absolute Gasteiger partial charge is 0.311 e. The SMILES string of the molecule is O=C(CSc1cccs1)NCC1(C(=O)O)CCC1. The molecule has 1 aliphatic carbocycles. The highest BCUT2D eigenvalue weighted by molar-refractivity contribution is 8.01. The Morgan fingerprint density at radius 3 is 2.78 bits per heavy atom. The lowest BCUT2D eigenvalue weighted by molar-refractivity contribution is -0.154. The molecule has 0 bridgehead atoms. The molecular formula is C12H15NO3S2. The van der Waals surface area contributed by atoms with Crippen LogP contribution in [0.4, 0.5) is 0 Å². The number of hydrogen-bond acceptors (Lipinski definition) is 4. The summed E-state index contributed by atoms with van der Waals surface area (Å²) in [5.74, 6) is -0.545. The molecule has 0 saturated heterocycles. The Morgan fingerprint density at radius 2 is 2.28 bits per heavy atom. The summed E-state index contributed by atoms with van der Waals surface area (Å²) in [5.41, 5.74) is -0.705. The predicted octanol–water partition coefficient (Wildman–Crippen LogP) is 2.21.